The Labute approximate surface area is 114 Å². The lowest BCUT2D eigenvalue weighted by Crippen LogP contribution is -2.21. The molecular weight excluding hydrogens is 266 g/mol. The van der Waals surface area contributed by atoms with Gasteiger partial charge in [0.1, 0.15) is 0 Å². The Morgan fingerprint density at radius 1 is 1.37 bits per heavy atom. The van der Waals surface area contributed by atoms with E-state index in [9.17, 15) is 9.59 Å². The van der Waals surface area contributed by atoms with Gasteiger partial charge in [0.25, 0.3) is 5.56 Å². The fraction of sp³-hybridized carbons (Fsp3) is 0.154. The highest BCUT2D eigenvalue weighted by Gasteiger charge is 2.14. The highest BCUT2D eigenvalue weighted by molar-refractivity contribution is 6.33. The Bertz CT molecular complexity index is 722. The maximum absolute atomic E-state index is 12.0. The number of amides is 1. The van der Waals surface area contributed by atoms with Gasteiger partial charge in [-0.15, -0.1) is 0 Å². The molecule has 0 bridgehead atoms. The van der Waals surface area contributed by atoms with Crippen molar-refractivity contribution in [1.82, 2.24) is 9.78 Å². The van der Waals surface area contributed by atoms with E-state index in [4.69, 9.17) is 17.3 Å². The van der Waals surface area contributed by atoms with Crippen LogP contribution >= 0.6 is 11.6 Å². The third kappa shape index (κ3) is 2.37. The number of carbonyl (C=O) groups excluding carboxylic acids is 1. The first-order valence-electron chi connectivity index (χ1n) is 5.54. The highest BCUT2D eigenvalue weighted by atomic mass is 35.5. The van der Waals surface area contributed by atoms with E-state index in [0.29, 0.717) is 27.3 Å². The molecule has 2 aromatic rings. The average molecular weight is 278 g/mol. The number of aromatic nitrogens is 2. The molecule has 0 atom stereocenters. The summed E-state index contributed by atoms with van der Waals surface area (Å²) < 4.78 is 1.20. The monoisotopic (exact) mass is 277 g/mol. The minimum absolute atomic E-state index is 0.288. The molecule has 5 nitrogen and oxygen atoms in total. The van der Waals surface area contributed by atoms with E-state index in [0.717, 1.165) is 0 Å². The molecule has 6 heteroatoms. The summed E-state index contributed by atoms with van der Waals surface area (Å²) in [6, 6.07) is 4.72. The molecule has 0 radical (unpaired) electrons. The van der Waals surface area contributed by atoms with Crippen molar-refractivity contribution in [3.8, 4) is 11.1 Å². The van der Waals surface area contributed by atoms with E-state index in [2.05, 4.69) is 5.10 Å². The van der Waals surface area contributed by atoms with Gasteiger partial charge < -0.3 is 5.73 Å². The van der Waals surface area contributed by atoms with Crippen molar-refractivity contribution in [1.29, 1.82) is 0 Å². The normalized spacial score (nSPS) is 10.5. The third-order valence-electron chi connectivity index (χ3n) is 2.88. The van der Waals surface area contributed by atoms with Crippen LogP contribution in [0.3, 0.4) is 0 Å². The van der Waals surface area contributed by atoms with Crippen LogP contribution in [0.4, 0.5) is 0 Å². The molecule has 0 saturated carbocycles. The highest BCUT2D eigenvalue weighted by Crippen LogP contribution is 2.28. The van der Waals surface area contributed by atoms with Crippen molar-refractivity contribution >= 4 is 17.5 Å². The molecule has 0 spiro atoms. The van der Waals surface area contributed by atoms with Crippen LogP contribution in [0, 0.1) is 6.92 Å². The molecular formula is C13H12ClN3O2. The fourth-order valence-electron chi connectivity index (χ4n) is 1.86. The maximum atomic E-state index is 12.0. The summed E-state index contributed by atoms with van der Waals surface area (Å²) in [6.45, 7) is 1.74. The topological polar surface area (TPSA) is 78.0 Å². The van der Waals surface area contributed by atoms with Crippen LogP contribution in [0.5, 0.6) is 0 Å². The minimum Gasteiger partial charge on any atom is -0.366 e. The Morgan fingerprint density at radius 3 is 2.68 bits per heavy atom. The Hall–Kier alpha value is -2.14. The van der Waals surface area contributed by atoms with E-state index in [-0.39, 0.29) is 5.56 Å². The van der Waals surface area contributed by atoms with Crippen molar-refractivity contribution in [2.75, 3.05) is 0 Å². The lowest BCUT2D eigenvalue weighted by Gasteiger charge is -2.09. The first-order chi connectivity index (χ1) is 8.91. The largest absolute Gasteiger partial charge is 0.366 e. The van der Waals surface area contributed by atoms with Crippen LogP contribution in [0.15, 0.2) is 29.2 Å². The summed E-state index contributed by atoms with van der Waals surface area (Å²) in [5, 5.41) is 4.23. The Morgan fingerprint density at radius 2 is 2.05 bits per heavy atom. The van der Waals surface area contributed by atoms with Crippen LogP contribution in [0.25, 0.3) is 11.1 Å². The molecule has 0 aliphatic carbocycles. The van der Waals surface area contributed by atoms with Gasteiger partial charge in [-0.05, 0) is 30.7 Å². The van der Waals surface area contributed by atoms with Gasteiger partial charge >= 0.3 is 0 Å². The molecule has 1 amide bonds. The summed E-state index contributed by atoms with van der Waals surface area (Å²) in [4.78, 5) is 23.4. The number of rotatable bonds is 2. The minimum atomic E-state index is -0.554. The number of aryl methyl sites for hydroxylation is 2. The van der Waals surface area contributed by atoms with E-state index in [1.165, 1.54) is 16.9 Å². The van der Waals surface area contributed by atoms with Crippen molar-refractivity contribution in [3.05, 3.63) is 50.9 Å². The summed E-state index contributed by atoms with van der Waals surface area (Å²) in [6.07, 6.45) is 1.50. The van der Waals surface area contributed by atoms with Gasteiger partial charge in [-0.3, -0.25) is 9.59 Å². The maximum Gasteiger partial charge on any atom is 0.274 e. The zero-order chi connectivity index (χ0) is 14.2. The molecule has 0 fully saturated rings. The van der Waals surface area contributed by atoms with Crippen molar-refractivity contribution in [3.63, 3.8) is 0 Å². The van der Waals surface area contributed by atoms with Crippen LogP contribution in [0.1, 0.15) is 15.9 Å². The molecule has 1 aromatic heterocycles. The fourth-order valence-corrected chi connectivity index (χ4v) is 2.18. The Kier molecular flexibility index (Phi) is 3.40. The lowest BCUT2D eigenvalue weighted by atomic mass is 10.0. The summed E-state index contributed by atoms with van der Waals surface area (Å²) >= 11 is 6.14. The number of nitrogens with two attached hydrogens (primary N) is 1. The van der Waals surface area contributed by atoms with Crippen LogP contribution < -0.4 is 11.3 Å². The number of hydrogen-bond donors (Lipinski definition) is 1. The number of primary amides is 1. The summed E-state index contributed by atoms with van der Waals surface area (Å²) in [7, 11) is 1.54. The van der Waals surface area contributed by atoms with Crippen LogP contribution in [0.2, 0.25) is 5.02 Å². The molecule has 1 aromatic carbocycles. The standard InChI is InChI=1S/C13H12ClN3O2/c1-7-5-11(14)10(6-9(7)12(15)18)8-3-4-16-17(2)13(8)19/h3-6H,1-2H3,(H2,15,18). The number of halogens is 1. The molecule has 98 valence electrons. The number of hydrogen-bond acceptors (Lipinski definition) is 3. The second-order valence-corrected chi connectivity index (χ2v) is 4.59. The van der Waals surface area contributed by atoms with Gasteiger partial charge in [0.15, 0.2) is 0 Å². The molecule has 2 N–H and O–H groups in total. The van der Waals surface area contributed by atoms with Gasteiger partial charge in [0.2, 0.25) is 5.91 Å². The second-order valence-electron chi connectivity index (χ2n) is 4.18. The van der Waals surface area contributed by atoms with Crippen LogP contribution in [-0.2, 0) is 7.05 Å². The Balaban J connectivity index is 2.76. The SMILES string of the molecule is Cc1cc(Cl)c(-c2ccnn(C)c2=O)cc1C(N)=O. The van der Waals surface area contributed by atoms with E-state index < -0.39 is 5.91 Å². The number of benzene rings is 1. The van der Waals surface area contributed by atoms with E-state index >= 15 is 0 Å². The van der Waals surface area contributed by atoms with Gasteiger partial charge in [-0.2, -0.15) is 5.10 Å². The van der Waals surface area contributed by atoms with Crippen molar-refractivity contribution < 1.29 is 4.79 Å². The van der Waals surface area contributed by atoms with E-state index in [1.807, 2.05) is 0 Å². The third-order valence-corrected chi connectivity index (χ3v) is 3.19. The predicted molar refractivity (Wildman–Crippen MR) is 73.2 cm³/mol. The summed E-state index contributed by atoms with van der Waals surface area (Å²) in [5.41, 5.74) is 6.89. The molecule has 19 heavy (non-hydrogen) atoms. The smallest absolute Gasteiger partial charge is 0.274 e. The number of carbonyl (C=O) groups is 1. The first kappa shape index (κ1) is 13.3. The predicted octanol–water partition coefficient (Wildman–Crippen LogP) is 1.51. The quantitative estimate of drug-likeness (QED) is 0.904. The second kappa shape index (κ2) is 4.85. The van der Waals surface area contributed by atoms with Crippen molar-refractivity contribution in [2.45, 2.75) is 6.92 Å². The van der Waals surface area contributed by atoms with Crippen molar-refractivity contribution in [2.24, 2.45) is 12.8 Å². The first-order valence-corrected chi connectivity index (χ1v) is 5.92. The number of nitrogens with zero attached hydrogens (tertiary/aromatic N) is 2. The average Bonchev–Trinajstić information content (AvgIpc) is 2.33. The zero-order valence-electron chi connectivity index (χ0n) is 10.5. The molecule has 0 aliphatic rings. The van der Waals surface area contributed by atoms with E-state index in [1.54, 1.807) is 26.1 Å². The lowest BCUT2D eigenvalue weighted by molar-refractivity contribution is 0.1000. The molecule has 2 rings (SSSR count). The van der Waals surface area contributed by atoms with Gasteiger partial charge in [-0.25, -0.2) is 4.68 Å². The summed E-state index contributed by atoms with van der Waals surface area (Å²) in [5.74, 6) is -0.554. The van der Waals surface area contributed by atoms with Crippen LogP contribution in [-0.4, -0.2) is 15.7 Å². The van der Waals surface area contributed by atoms with Gasteiger partial charge in [0.05, 0.1) is 5.56 Å². The van der Waals surface area contributed by atoms with Gasteiger partial charge in [-0.1, -0.05) is 11.6 Å². The molecule has 0 saturated heterocycles. The molecule has 0 aliphatic heterocycles. The molecule has 1 heterocycles. The zero-order valence-corrected chi connectivity index (χ0v) is 11.2. The molecule has 0 unspecified atom stereocenters. The van der Waals surface area contributed by atoms with Gasteiger partial charge in [0, 0.05) is 29.4 Å².